The highest BCUT2D eigenvalue weighted by Crippen LogP contribution is 2.28. The maximum absolute atomic E-state index is 12.2. The van der Waals surface area contributed by atoms with E-state index in [9.17, 15) is 4.79 Å². The van der Waals surface area contributed by atoms with Crippen molar-refractivity contribution in [1.29, 1.82) is 0 Å². The molecule has 0 heterocycles. The first-order valence-electron chi connectivity index (χ1n) is 6.47. The molecule has 1 atom stereocenters. The van der Waals surface area contributed by atoms with Gasteiger partial charge in [-0.3, -0.25) is 4.79 Å². The lowest BCUT2D eigenvalue weighted by Crippen LogP contribution is -2.46. The first-order chi connectivity index (χ1) is 7.41. The van der Waals surface area contributed by atoms with Gasteiger partial charge in [0.2, 0.25) is 5.91 Å². The van der Waals surface area contributed by atoms with E-state index >= 15 is 0 Å². The molecular formula is C13H26N2O. The molecule has 1 aliphatic rings. The van der Waals surface area contributed by atoms with Gasteiger partial charge in [-0.05, 0) is 31.1 Å². The third-order valence-electron chi connectivity index (χ3n) is 2.88. The van der Waals surface area contributed by atoms with Crippen molar-refractivity contribution in [3.05, 3.63) is 0 Å². The number of carbonyl (C=O) groups is 1. The van der Waals surface area contributed by atoms with Gasteiger partial charge < -0.3 is 10.6 Å². The van der Waals surface area contributed by atoms with Gasteiger partial charge in [-0.2, -0.15) is 0 Å². The first-order valence-corrected chi connectivity index (χ1v) is 6.47. The van der Waals surface area contributed by atoms with Crippen molar-refractivity contribution in [2.24, 2.45) is 17.6 Å². The highest BCUT2D eigenvalue weighted by atomic mass is 16.2. The highest BCUT2D eigenvalue weighted by molar-refractivity contribution is 5.82. The van der Waals surface area contributed by atoms with E-state index in [4.69, 9.17) is 5.73 Å². The summed E-state index contributed by atoms with van der Waals surface area (Å²) in [6.07, 6.45) is 3.11. The lowest BCUT2D eigenvalue weighted by Gasteiger charge is -2.28. The van der Waals surface area contributed by atoms with Crippen LogP contribution < -0.4 is 5.73 Å². The molecule has 3 nitrogen and oxygen atoms in total. The van der Waals surface area contributed by atoms with E-state index < -0.39 is 0 Å². The number of nitrogens with two attached hydrogens (primary N) is 1. The summed E-state index contributed by atoms with van der Waals surface area (Å²) in [5.41, 5.74) is 5.97. The summed E-state index contributed by atoms with van der Waals surface area (Å²) in [4.78, 5) is 14.2. The monoisotopic (exact) mass is 226 g/mol. The summed E-state index contributed by atoms with van der Waals surface area (Å²) < 4.78 is 0. The molecule has 1 fully saturated rings. The Balaban J connectivity index is 2.52. The van der Waals surface area contributed by atoms with Gasteiger partial charge in [-0.1, -0.05) is 27.7 Å². The molecule has 0 saturated heterocycles. The Labute approximate surface area is 99.4 Å². The third kappa shape index (κ3) is 4.12. The van der Waals surface area contributed by atoms with Crippen molar-refractivity contribution in [3.63, 3.8) is 0 Å². The smallest absolute Gasteiger partial charge is 0.239 e. The minimum Gasteiger partial charge on any atom is -0.338 e. The second-order valence-corrected chi connectivity index (χ2v) is 5.85. The molecule has 3 heteroatoms. The van der Waals surface area contributed by atoms with Crippen molar-refractivity contribution in [2.75, 3.05) is 6.54 Å². The summed E-state index contributed by atoms with van der Waals surface area (Å²) in [6, 6.07) is 0.174. The minimum atomic E-state index is -0.306. The summed E-state index contributed by atoms with van der Waals surface area (Å²) in [7, 11) is 0. The SMILES string of the molecule is CC(C)C[C@H](N)C(=O)N(CC(C)C)C1CC1. The zero-order valence-corrected chi connectivity index (χ0v) is 11.1. The summed E-state index contributed by atoms with van der Waals surface area (Å²) in [5.74, 6) is 1.17. The van der Waals surface area contributed by atoms with Gasteiger partial charge in [-0.25, -0.2) is 0 Å². The van der Waals surface area contributed by atoms with Gasteiger partial charge in [-0.15, -0.1) is 0 Å². The predicted molar refractivity (Wildman–Crippen MR) is 67.0 cm³/mol. The molecule has 94 valence electrons. The lowest BCUT2D eigenvalue weighted by atomic mass is 10.0. The second-order valence-electron chi connectivity index (χ2n) is 5.85. The Morgan fingerprint density at radius 3 is 2.19 bits per heavy atom. The average molecular weight is 226 g/mol. The molecule has 0 aromatic heterocycles. The van der Waals surface area contributed by atoms with Crippen LogP contribution in [-0.2, 0) is 4.79 Å². The van der Waals surface area contributed by atoms with Gasteiger partial charge in [0.15, 0.2) is 0 Å². The normalized spacial score (nSPS) is 17.9. The molecule has 0 aliphatic heterocycles. The molecular weight excluding hydrogens is 200 g/mol. The summed E-state index contributed by atoms with van der Waals surface area (Å²) in [5, 5.41) is 0. The molecule has 0 aromatic carbocycles. The van der Waals surface area contributed by atoms with Crippen molar-refractivity contribution in [1.82, 2.24) is 4.90 Å². The second kappa shape index (κ2) is 5.67. The van der Waals surface area contributed by atoms with Crippen LogP contribution in [0.5, 0.6) is 0 Å². The van der Waals surface area contributed by atoms with Gasteiger partial charge >= 0.3 is 0 Å². The van der Waals surface area contributed by atoms with Gasteiger partial charge in [0.05, 0.1) is 6.04 Å². The average Bonchev–Trinajstić information content (AvgIpc) is 2.94. The Kier molecular flexibility index (Phi) is 4.78. The van der Waals surface area contributed by atoms with Crippen LogP contribution in [0.1, 0.15) is 47.0 Å². The van der Waals surface area contributed by atoms with Crippen molar-refractivity contribution in [3.8, 4) is 0 Å². The van der Waals surface area contributed by atoms with E-state index in [1.165, 1.54) is 0 Å². The predicted octanol–water partition coefficient (Wildman–Crippen LogP) is 2.01. The number of rotatable bonds is 6. The van der Waals surface area contributed by atoms with Crippen LogP contribution in [0.25, 0.3) is 0 Å². The quantitative estimate of drug-likeness (QED) is 0.753. The van der Waals surface area contributed by atoms with E-state index in [0.717, 1.165) is 25.8 Å². The van der Waals surface area contributed by atoms with Crippen LogP contribution in [0.4, 0.5) is 0 Å². The number of hydrogen-bond acceptors (Lipinski definition) is 2. The fourth-order valence-corrected chi connectivity index (χ4v) is 2.02. The maximum atomic E-state index is 12.2. The fourth-order valence-electron chi connectivity index (χ4n) is 2.02. The molecule has 0 spiro atoms. The van der Waals surface area contributed by atoms with Crippen LogP contribution in [-0.4, -0.2) is 29.4 Å². The zero-order valence-electron chi connectivity index (χ0n) is 11.1. The van der Waals surface area contributed by atoms with Gasteiger partial charge in [0.1, 0.15) is 0 Å². The largest absolute Gasteiger partial charge is 0.338 e. The number of amides is 1. The number of carbonyl (C=O) groups excluding carboxylic acids is 1. The molecule has 1 saturated carbocycles. The molecule has 1 amide bonds. The maximum Gasteiger partial charge on any atom is 0.239 e. The Morgan fingerprint density at radius 2 is 1.81 bits per heavy atom. The molecule has 16 heavy (non-hydrogen) atoms. The van der Waals surface area contributed by atoms with Gasteiger partial charge in [0.25, 0.3) is 0 Å². The number of hydrogen-bond donors (Lipinski definition) is 1. The van der Waals surface area contributed by atoms with Crippen molar-refractivity contribution in [2.45, 2.75) is 59.0 Å². The van der Waals surface area contributed by atoms with Gasteiger partial charge in [0, 0.05) is 12.6 Å². The Morgan fingerprint density at radius 1 is 1.25 bits per heavy atom. The molecule has 0 aromatic rings. The first kappa shape index (κ1) is 13.5. The van der Waals surface area contributed by atoms with Crippen LogP contribution in [0.3, 0.4) is 0 Å². The van der Waals surface area contributed by atoms with E-state index in [-0.39, 0.29) is 11.9 Å². The van der Waals surface area contributed by atoms with E-state index in [0.29, 0.717) is 17.9 Å². The molecule has 0 bridgehead atoms. The molecule has 1 aliphatic carbocycles. The molecule has 0 unspecified atom stereocenters. The molecule has 1 rings (SSSR count). The van der Waals surface area contributed by atoms with E-state index in [1.54, 1.807) is 0 Å². The Bertz CT molecular complexity index is 234. The topological polar surface area (TPSA) is 46.3 Å². The molecule has 2 N–H and O–H groups in total. The highest BCUT2D eigenvalue weighted by Gasteiger charge is 2.34. The van der Waals surface area contributed by atoms with Crippen molar-refractivity contribution < 1.29 is 4.79 Å². The minimum absolute atomic E-state index is 0.157. The van der Waals surface area contributed by atoms with Crippen LogP contribution >= 0.6 is 0 Å². The third-order valence-corrected chi connectivity index (χ3v) is 2.88. The van der Waals surface area contributed by atoms with Crippen LogP contribution in [0, 0.1) is 11.8 Å². The number of nitrogens with zero attached hydrogens (tertiary/aromatic N) is 1. The molecule has 0 radical (unpaired) electrons. The lowest BCUT2D eigenvalue weighted by molar-refractivity contribution is -0.134. The zero-order chi connectivity index (χ0) is 12.3. The Hall–Kier alpha value is -0.570. The van der Waals surface area contributed by atoms with Crippen molar-refractivity contribution >= 4 is 5.91 Å². The summed E-state index contributed by atoms with van der Waals surface area (Å²) >= 11 is 0. The summed E-state index contributed by atoms with van der Waals surface area (Å²) in [6.45, 7) is 9.37. The van der Waals surface area contributed by atoms with Crippen LogP contribution in [0.15, 0.2) is 0 Å². The standard InChI is InChI=1S/C13H26N2O/c1-9(2)7-12(14)13(16)15(8-10(3)4)11-5-6-11/h9-12H,5-8,14H2,1-4H3/t12-/m0/s1. The van der Waals surface area contributed by atoms with E-state index in [2.05, 4.69) is 27.7 Å². The fraction of sp³-hybridized carbons (Fsp3) is 0.923. The van der Waals surface area contributed by atoms with Crippen LogP contribution in [0.2, 0.25) is 0 Å². The van der Waals surface area contributed by atoms with E-state index in [1.807, 2.05) is 4.90 Å².